The van der Waals surface area contributed by atoms with Crippen LogP contribution in [0.3, 0.4) is 0 Å². The van der Waals surface area contributed by atoms with Gasteiger partial charge in [0.15, 0.2) is 5.65 Å². The van der Waals surface area contributed by atoms with Crippen LogP contribution < -0.4 is 10.6 Å². The molecule has 2 unspecified atom stereocenters. The van der Waals surface area contributed by atoms with Gasteiger partial charge in [0.05, 0.1) is 17.4 Å². The number of nitrogens with zero attached hydrogens (tertiary/aromatic N) is 3. The smallest absolute Gasteiger partial charge is 0.286 e. The molecule has 47 heavy (non-hydrogen) atoms. The van der Waals surface area contributed by atoms with Crippen molar-refractivity contribution in [3.63, 3.8) is 0 Å². The zero-order chi connectivity index (χ0) is 36.2. The normalized spacial score (nSPS) is 11.9. The van der Waals surface area contributed by atoms with Crippen molar-refractivity contribution in [2.45, 2.75) is 98.5 Å². The number of alkyl halides is 2. The zero-order valence-corrected chi connectivity index (χ0v) is 29.6. The minimum absolute atomic E-state index is 0.0185. The zero-order valence-electron chi connectivity index (χ0n) is 28.5. The number of rotatable bonds is 11. The van der Waals surface area contributed by atoms with E-state index in [-0.39, 0.29) is 24.2 Å². The quantitative estimate of drug-likeness (QED) is 0.116. The number of nitrogens with one attached hydrogen (secondary N) is 2. The van der Waals surface area contributed by atoms with E-state index in [2.05, 4.69) is 20.7 Å². The highest BCUT2D eigenvalue weighted by molar-refractivity contribution is 7.17. The molecule has 0 aliphatic heterocycles. The fourth-order valence-electron chi connectivity index (χ4n) is 3.65. The molecule has 2 atom stereocenters. The summed E-state index contributed by atoms with van der Waals surface area (Å²) < 4.78 is 41.8. The molecule has 13 heteroatoms. The number of allylic oxidation sites excluding steroid dienone is 3. The first-order valence-electron chi connectivity index (χ1n) is 15.2. The summed E-state index contributed by atoms with van der Waals surface area (Å²) in [6.07, 6.45) is 12.3. The standard InChI is InChI=1S/C16H14F3N4OP.C12H19NO2.C4H10O.C2H6/c1-9-6-13(22-14-4-5-21-23(9)14)15(24)20-8-10-2-3-12(17)11(7-10)16(18,19)25;1-3-8-12(13-11(2)15)9-6-4-5-7-10-14;1-4(2,3)5;1-2/h2-7H,8,25H2,1H3,(H,20,24);3-5,8,10,12H,6-7,9H2,1-2H3,(H,13,15);5H,1-3H3;1-2H3/b;5-4+,8-3+;;. The number of aromatic nitrogens is 3. The molecule has 0 bridgehead atoms. The maximum atomic E-state index is 13.5. The molecule has 260 valence electrons. The predicted molar refractivity (Wildman–Crippen MR) is 184 cm³/mol. The third-order valence-corrected chi connectivity index (χ3v) is 5.78. The van der Waals surface area contributed by atoms with Crippen molar-refractivity contribution in [3.8, 4) is 0 Å². The summed E-state index contributed by atoms with van der Waals surface area (Å²) in [5.74, 6) is -1.48. The molecule has 9 nitrogen and oxygen atoms in total. The van der Waals surface area contributed by atoms with Crippen LogP contribution in [0.15, 0.2) is 60.8 Å². The lowest BCUT2D eigenvalue weighted by atomic mass is 10.1. The third-order valence-electron chi connectivity index (χ3n) is 5.47. The number of fused-ring (bicyclic) bond motifs is 1. The molecule has 0 saturated carbocycles. The number of hydrogen-bond donors (Lipinski definition) is 3. The fourth-order valence-corrected chi connectivity index (χ4v) is 3.87. The van der Waals surface area contributed by atoms with Gasteiger partial charge in [0.1, 0.15) is 17.8 Å². The first kappa shape index (κ1) is 43.1. The van der Waals surface area contributed by atoms with Crippen molar-refractivity contribution >= 4 is 33.0 Å². The number of halogens is 3. The maximum Gasteiger partial charge on any atom is 0.286 e. The molecule has 0 saturated heterocycles. The van der Waals surface area contributed by atoms with Crippen molar-refractivity contribution < 1.29 is 32.7 Å². The Balaban J connectivity index is 0.000000820. The van der Waals surface area contributed by atoms with Crippen LogP contribution in [-0.2, 0) is 21.8 Å². The van der Waals surface area contributed by atoms with Crippen molar-refractivity contribution in [2.24, 2.45) is 0 Å². The first-order valence-corrected chi connectivity index (χ1v) is 15.8. The van der Waals surface area contributed by atoms with E-state index in [9.17, 15) is 27.6 Å². The topological polar surface area (TPSA) is 126 Å². The van der Waals surface area contributed by atoms with Crippen LogP contribution in [0.1, 0.15) is 95.0 Å². The predicted octanol–water partition coefficient (Wildman–Crippen LogP) is 6.83. The highest BCUT2D eigenvalue weighted by Crippen LogP contribution is 2.36. The molecule has 2 amide bonds. The van der Waals surface area contributed by atoms with Crippen LogP contribution in [0, 0.1) is 12.7 Å². The van der Waals surface area contributed by atoms with Crippen molar-refractivity contribution in [2.75, 3.05) is 0 Å². The molecule has 0 fully saturated rings. The monoisotopic (exact) mass is 679 g/mol. The van der Waals surface area contributed by atoms with Crippen LogP contribution in [0.25, 0.3) is 5.65 Å². The highest BCUT2D eigenvalue weighted by atomic mass is 31.0. The summed E-state index contributed by atoms with van der Waals surface area (Å²) >= 11 is 0. The second-order valence-electron chi connectivity index (χ2n) is 11.0. The Labute approximate surface area is 278 Å². The average molecular weight is 680 g/mol. The van der Waals surface area contributed by atoms with Gasteiger partial charge in [-0.3, -0.25) is 9.59 Å². The number of carbonyl (C=O) groups is 3. The summed E-state index contributed by atoms with van der Waals surface area (Å²) in [5, 5.41) is 18.0. The Hall–Kier alpha value is -3.89. The van der Waals surface area contributed by atoms with E-state index in [1.165, 1.54) is 22.2 Å². The average Bonchev–Trinajstić information content (AvgIpc) is 3.46. The van der Waals surface area contributed by atoms with Gasteiger partial charge in [-0.1, -0.05) is 53.5 Å². The van der Waals surface area contributed by atoms with Gasteiger partial charge in [0.2, 0.25) is 5.91 Å². The van der Waals surface area contributed by atoms with Gasteiger partial charge in [-0.05, 0) is 71.2 Å². The summed E-state index contributed by atoms with van der Waals surface area (Å²) in [5.41, 5.74) is -2.82. The lowest BCUT2D eigenvalue weighted by Gasteiger charge is -2.13. The van der Waals surface area contributed by atoms with E-state index in [4.69, 9.17) is 5.11 Å². The van der Waals surface area contributed by atoms with E-state index in [1.54, 1.807) is 50.5 Å². The molecule has 2 aromatic heterocycles. The van der Waals surface area contributed by atoms with E-state index in [1.807, 2.05) is 45.1 Å². The molecule has 0 radical (unpaired) electrons. The summed E-state index contributed by atoms with van der Waals surface area (Å²) in [6.45, 7) is 14.4. The summed E-state index contributed by atoms with van der Waals surface area (Å²) in [6, 6.07) is 6.65. The molecular weight excluding hydrogens is 630 g/mol. The van der Waals surface area contributed by atoms with Crippen molar-refractivity contribution in [3.05, 3.63) is 89.2 Å². The SMILES string of the molecule is C/C=C/C(CC/C=C/CC=O)NC(C)=O.CC.CC(C)(C)O.Cc1cc(C(=O)NCc2ccc(F)c(C(F)(F)P)c2)nc2ccnn12. The lowest BCUT2D eigenvalue weighted by Crippen LogP contribution is -2.31. The Morgan fingerprint density at radius 1 is 1.13 bits per heavy atom. The van der Waals surface area contributed by atoms with Gasteiger partial charge in [-0.25, -0.2) is 13.9 Å². The number of aldehydes is 1. The van der Waals surface area contributed by atoms with Crippen LogP contribution in [0.5, 0.6) is 0 Å². The third kappa shape index (κ3) is 18.7. The summed E-state index contributed by atoms with van der Waals surface area (Å²) in [4.78, 5) is 37.3. The number of aliphatic hydroxyl groups is 1. The molecule has 0 spiro atoms. The number of hydrogen-bond acceptors (Lipinski definition) is 6. The van der Waals surface area contributed by atoms with Gasteiger partial charge < -0.3 is 20.5 Å². The van der Waals surface area contributed by atoms with Crippen LogP contribution in [-0.4, -0.2) is 49.4 Å². The Kier molecular flexibility index (Phi) is 20.0. The molecule has 0 aliphatic carbocycles. The lowest BCUT2D eigenvalue weighted by molar-refractivity contribution is -0.119. The first-order chi connectivity index (χ1) is 22.0. The number of carbonyl (C=O) groups excluding carboxylic acids is 3. The minimum Gasteiger partial charge on any atom is -0.391 e. The van der Waals surface area contributed by atoms with Crippen LogP contribution in [0.2, 0.25) is 0 Å². The van der Waals surface area contributed by atoms with E-state index >= 15 is 0 Å². The second kappa shape index (κ2) is 21.8. The number of amides is 2. The Morgan fingerprint density at radius 2 is 1.77 bits per heavy atom. The van der Waals surface area contributed by atoms with Crippen LogP contribution in [0.4, 0.5) is 13.2 Å². The molecule has 3 aromatic rings. The molecule has 2 heterocycles. The van der Waals surface area contributed by atoms with Crippen molar-refractivity contribution in [1.29, 1.82) is 0 Å². The van der Waals surface area contributed by atoms with Gasteiger partial charge in [-0.2, -0.15) is 13.9 Å². The second-order valence-corrected chi connectivity index (χ2v) is 11.7. The van der Waals surface area contributed by atoms with E-state index in [0.717, 1.165) is 37.0 Å². The minimum atomic E-state index is -3.38. The number of aryl methyl sites for hydroxylation is 1. The molecule has 3 rings (SSSR count). The molecule has 0 aliphatic rings. The largest absolute Gasteiger partial charge is 0.391 e. The Bertz CT molecular complexity index is 1460. The van der Waals surface area contributed by atoms with Crippen LogP contribution >= 0.6 is 9.24 Å². The van der Waals surface area contributed by atoms with Gasteiger partial charge in [0, 0.05) is 37.7 Å². The van der Waals surface area contributed by atoms with Crippen molar-refractivity contribution in [1.82, 2.24) is 25.2 Å². The molecule has 3 N–H and O–H groups in total. The van der Waals surface area contributed by atoms with Gasteiger partial charge in [-0.15, -0.1) is 0 Å². The highest BCUT2D eigenvalue weighted by Gasteiger charge is 2.28. The fraction of sp³-hybridized carbons (Fsp3) is 0.441. The number of benzene rings is 1. The van der Waals surface area contributed by atoms with Gasteiger partial charge >= 0.3 is 0 Å². The molecular formula is C34H49F3N5O4P. The van der Waals surface area contributed by atoms with E-state index < -0.39 is 28.6 Å². The Morgan fingerprint density at radius 3 is 2.32 bits per heavy atom. The van der Waals surface area contributed by atoms with E-state index in [0.29, 0.717) is 17.6 Å². The van der Waals surface area contributed by atoms with Gasteiger partial charge in [0.25, 0.3) is 11.6 Å². The summed E-state index contributed by atoms with van der Waals surface area (Å²) in [7, 11) is 1.30. The molecule has 1 aromatic carbocycles. The maximum absolute atomic E-state index is 13.5.